The van der Waals surface area contributed by atoms with Gasteiger partial charge in [-0.15, -0.1) is 0 Å². The Morgan fingerprint density at radius 2 is 1.63 bits per heavy atom. The minimum Gasteiger partial charge on any atom is -0.452 e. The van der Waals surface area contributed by atoms with Crippen LogP contribution in [-0.2, 0) is 16.1 Å². The lowest BCUT2D eigenvalue weighted by atomic mass is 10.0. The highest BCUT2D eigenvalue weighted by atomic mass is 16.5. The minimum absolute atomic E-state index is 0.354. The Morgan fingerprint density at radius 3 is 2.43 bits per heavy atom. The van der Waals surface area contributed by atoms with Crippen molar-refractivity contribution >= 4 is 22.8 Å². The van der Waals surface area contributed by atoms with Gasteiger partial charge in [0.15, 0.2) is 6.61 Å². The molecule has 2 heterocycles. The number of carbonyl (C=O) groups excluding carboxylic acids is 2. The first-order chi connectivity index (χ1) is 14.7. The number of rotatable bonds is 6. The zero-order chi connectivity index (χ0) is 20.8. The Kier molecular flexibility index (Phi) is 5.75. The Bertz CT molecular complexity index is 1180. The molecule has 0 aliphatic carbocycles. The Hall–Kier alpha value is -4.06. The standard InChI is InChI=1S/C24H19N3O3/c28-23(26-15-17-6-2-1-3-7-17)16-30-24(29)20-14-22(18-10-12-25-13-11-18)27-21-9-5-4-8-19(20)21/h1-14H,15-16H2,(H,26,28). The monoisotopic (exact) mass is 397 g/mol. The molecule has 0 bridgehead atoms. The lowest BCUT2D eigenvalue weighted by molar-refractivity contribution is -0.124. The van der Waals surface area contributed by atoms with Crippen LogP contribution in [0, 0.1) is 0 Å². The fourth-order valence-electron chi connectivity index (χ4n) is 3.07. The van der Waals surface area contributed by atoms with Crippen LogP contribution in [0.1, 0.15) is 15.9 Å². The predicted molar refractivity (Wildman–Crippen MR) is 114 cm³/mol. The molecule has 0 aliphatic rings. The highest BCUT2D eigenvalue weighted by Crippen LogP contribution is 2.25. The highest BCUT2D eigenvalue weighted by molar-refractivity contribution is 6.05. The maximum atomic E-state index is 12.8. The molecule has 4 aromatic rings. The SMILES string of the molecule is O=C(COC(=O)c1cc(-c2ccncc2)nc2ccccc12)NCc1ccccc1. The Labute approximate surface area is 173 Å². The van der Waals surface area contributed by atoms with Crippen molar-refractivity contribution < 1.29 is 14.3 Å². The molecule has 1 N–H and O–H groups in total. The Morgan fingerprint density at radius 1 is 0.900 bits per heavy atom. The van der Waals surface area contributed by atoms with E-state index >= 15 is 0 Å². The van der Waals surface area contributed by atoms with Crippen LogP contribution in [-0.4, -0.2) is 28.5 Å². The van der Waals surface area contributed by atoms with E-state index in [0.717, 1.165) is 11.1 Å². The number of fused-ring (bicyclic) bond motifs is 1. The van der Waals surface area contributed by atoms with E-state index in [9.17, 15) is 9.59 Å². The molecular formula is C24H19N3O3. The highest BCUT2D eigenvalue weighted by Gasteiger charge is 2.16. The molecule has 0 aliphatic heterocycles. The van der Waals surface area contributed by atoms with E-state index in [0.29, 0.717) is 28.7 Å². The summed E-state index contributed by atoms with van der Waals surface area (Å²) in [6, 6.07) is 22.2. The van der Waals surface area contributed by atoms with Gasteiger partial charge in [-0.05, 0) is 29.8 Å². The zero-order valence-electron chi connectivity index (χ0n) is 16.1. The topological polar surface area (TPSA) is 81.2 Å². The number of ether oxygens (including phenoxy) is 1. The van der Waals surface area contributed by atoms with Gasteiger partial charge in [-0.1, -0.05) is 48.5 Å². The summed E-state index contributed by atoms with van der Waals surface area (Å²) in [5.74, 6) is -0.932. The zero-order valence-corrected chi connectivity index (χ0v) is 16.1. The summed E-state index contributed by atoms with van der Waals surface area (Å²) >= 11 is 0. The summed E-state index contributed by atoms with van der Waals surface area (Å²) in [5.41, 5.74) is 3.48. The molecule has 30 heavy (non-hydrogen) atoms. The molecule has 0 atom stereocenters. The van der Waals surface area contributed by atoms with Crippen molar-refractivity contribution in [3.05, 3.63) is 96.3 Å². The van der Waals surface area contributed by atoms with Crippen molar-refractivity contribution in [3.8, 4) is 11.3 Å². The van der Waals surface area contributed by atoms with Gasteiger partial charge < -0.3 is 10.1 Å². The number of benzene rings is 2. The first-order valence-electron chi connectivity index (χ1n) is 9.48. The number of nitrogens with zero attached hydrogens (tertiary/aromatic N) is 2. The fraction of sp³-hybridized carbons (Fsp3) is 0.0833. The van der Waals surface area contributed by atoms with Crippen LogP contribution in [0.15, 0.2) is 85.2 Å². The summed E-state index contributed by atoms with van der Waals surface area (Å²) in [6.07, 6.45) is 3.34. The van der Waals surface area contributed by atoms with E-state index in [4.69, 9.17) is 4.74 Å². The third-order valence-corrected chi connectivity index (χ3v) is 4.58. The number of esters is 1. The second kappa shape index (κ2) is 8.96. The van der Waals surface area contributed by atoms with Crippen LogP contribution in [0.5, 0.6) is 0 Å². The van der Waals surface area contributed by atoms with Gasteiger partial charge in [-0.25, -0.2) is 9.78 Å². The van der Waals surface area contributed by atoms with Crippen molar-refractivity contribution in [1.82, 2.24) is 15.3 Å². The number of hydrogen-bond acceptors (Lipinski definition) is 5. The van der Waals surface area contributed by atoms with E-state index in [2.05, 4.69) is 15.3 Å². The molecule has 2 aromatic heterocycles. The number of pyridine rings is 2. The lowest BCUT2D eigenvalue weighted by Gasteiger charge is -2.10. The maximum Gasteiger partial charge on any atom is 0.339 e. The quantitative estimate of drug-likeness (QED) is 0.501. The number of amides is 1. The minimum atomic E-state index is -0.571. The van der Waals surface area contributed by atoms with Crippen molar-refractivity contribution in [2.75, 3.05) is 6.61 Å². The largest absolute Gasteiger partial charge is 0.452 e. The second-order valence-electron chi connectivity index (χ2n) is 6.65. The van der Waals surface area contributed by atoms with Gasteiger partial charge in [0, 0.05) is 29.9 Å². The molecule has 6 nitrogen and oxygen atoms in total. The smallest absolute Gasteiger partial charge is 0.339 e. The van der Waals surface area contributed by atoms with Crippen molar-refractivity contribution in [1.29, 1.82) is 0 Å². The van der Waals surface area contributed by atoms with Gasteiger partial charge in [0.25, 0.3) is 5.91 Å². The molecule has 0 radical (unpaired) electrons. The van der Waals surface area contributed by atoms with Gasteiger partial charge in [0.05, 0.1) is 16.8 Å². The maximum absolute atomic E-state index is 12.8. The number of carbonyl (C=O) groups is 2. The predicted octanol–water partition coefficient (Wildman–Crippen LogP) is 3.77. The molecule has 0 saturated heterocycles. The summed E-state index contributed by atoms with van der Waals surface area (Å²) in [7, 11) is 0. The van der Waals surface area contributed by atoms with Gasteiger partial charge >= 0.3 is 5.97 Å². The van der Waals surface area contributed by atoms with Crippen LogP contribution < -0.4 is 5.32 Å². The fourth-order valence-corrected chi connectivity index (χ4v) is 3.07. The van der Waals surface area contributed by atoms with Crippen LogP contribution in [0.25, 0.3) is 22.2 Å². The van der Waals surface area contributed by atoms with Gasteiger partial charge in [0.2, 0.25) is 0 Å². The third kappa shape index (κ3) is 4.50. The molecule has 4 rings (SSSR count). The molecule has 2 aromatic carbocycles. The first-order valence-corrected chi connectivity index (χ1v) is 9.48. The third-order valence-electron chi connectivity index (χ3n) is 4.58. The lowest BCUT2D eigenvalue weighted by Crippen LogP contribution is -2.28. The molecule has 0 spiro atoms. The molecule has 0 unspecified atom stereocenters. The number of hydrogen-bond donors (Lipinski definition) is 1. The molecular weight excluding hydrogens is 378 g/mol. The summed E-state index contributed by atoms with van der Waals surface area (Å²) in [6.45, 7) is 0.0223. The molecule has 6 heteroatoms. The normalized spacial score (nSPS) is 10.5. The average molecular weight is 397 g/mol. The van der Waals surface area contributed by atoms with E-state index in [1.54, 1.807) is 18.5 Å². The van der Waals surface area contributed by atoms with E-state index in [-0.39, 0.29) is 12.5 Å². The van der Waals surface area contributed by atoms with Crippen molar-refractivity contribution in [2.45, 2.75) is 6.54 Å². The van der Waals surface area contributed by atoms with Crippen molar-refractivity contribution in [2.24, 2.45) is 0 Å². The van der Waals surface area contributed by atoms with E-state index in [1.807, 2.05) is 66.7 Å². The van der Waals surface area contributed by atoms with Crippen molar-refractivity contribution in [3.63, 3.8) is 0 Å². The van der Waals surface area contributed by atoms with Gasteiger partial charge in [0.1, 0.15) is 0 Å². The summed E-state index contributed by atoms with van der Waals surface area (Å²) in [4.78, 5) is 33.5. The first kappa shape index (κ1) is 19.3. The van der Waals surface area contributed by atoms with Crippen LogP contribution in [0.3, 0.4) is 0 Å². The molecule has 0 fully saturated rings. The van der Waals surface area contributed by atoms with Crippen LogP contribution in [0.4, 0.5) is 0 Å². The average Bonchev–Trinajstić information content (AvgIpc) is 2.81. The molecule has 148 valence electrons. The van der Waals surface area contributed by atoms with E-state index in [1.165, 1.54) is 0 Å². The van der Waals surface area contributed by atoms with Gasteiger partial charge in [-0.2, -0.15) is 0 Å². The second-order valence-corrected chi connectivity index (χ2v) is 6.65. The number of aromatic nitrogens is 2. The number of nitrogens with one attached hydrogen (secondary N) is 1. The summed E-state index contributed by atoms with van der Waals surface area (Å²) in [5, 5.41) is 3.42. The van der Waals surface area contributed by atoms with Gasteiger partial charge in [-0.3, -0.25) is 9.78 Å². The van der Waals surface area contributed by atoms with Crippen LogP contribution in [0.2, 0.25) is 0 Å². The Balaban J connectivity index is 1.50. The van der Waals surface area contributed by atoms with E-state index < -0.39 is 5.97 Å². The number of para-hydroxylation sites is 1. The molecule has 0 saturated carbocycles. The van der Waals surface area contributed by atoms with Crippen LogP contribution >= 0.6 is 0 Å². The summed E-state index contributed by atoms with van der Waals surface area (Å²) < 4.78 is 5.29. The molecule has 1 amide bonds.